The minimum Gasteiger partial charge on any atom is -0.355 e. The van der Waals surface area contributed by atoms with E-state index in [1.807, 2.05) is 20.8 Å². The number of aromatic nitrogens is 1. The highest BCUT2D eigenvalue weighted by molar-refractivity contribution is 7.89. The second-order valence-corrected chi connectivity index (χ2v) is 10.8. The molecule has 2 aromatic rings. The highest BCUT2D eigenvalue weighted by Gasteiger charge is 2.36. The molecule has 0 radical (unpaired) electrons. The third kappa shape index (κ3) is 5.42. The first-order valence-corrected chi connectivity index (χ1v) is 11.7. The molecule has 3 rings (SSSR count). The summed E-state index contributed by atoms with van der Waals surface area (Å²) in [6.45, 7) is 7.57. The van der Waals surface area contributed by atoms with E-state index in [1.54, 1.807) is 0 Å². The van der Waals surface area contributed by atoms with Gasteiger partial charge in [0.05, 0.1) is 0 Å². The molecule has 1 aromatic carbocycles. The summed E-state index contributed by atoms with van der Waals surface area (Å²) >= 11 is 0. The maximum atomic E-state index is 13.9. The fourth-order valence-electron chi connectivity index (χ4n) is 3.56. The summed E-state index contributed by atoms with van der Waals surface area (Å²) in [6, 6.07) is 3.08. The Morgan fingerprint density at radius 3 is 2.47 bits per heavy atom. The Kier molecular flexibility index (Phi) is 6.85. The normalized spacial score (nSPS) is 16.6. The van der Waals surface area contributed by atoms with Crippen molar-refractivity contribution in [3.8, 4) is 0 Å². The van der Waals surface area contributed by atoms with Gasteiger partial charge >= 0.3 is 0 Å². The Balaban J connectivity index is 1.78. The van der Waals surface area contributed by atoms with Crippen LogP contribution < -0.4 is 5.32 Å². The largest absolute Gasteiger partial charge is 0.355 e. The van der Waals surface area contributed by atoms with Crippen molar-refractivity contribution in [1.29, 1.82) is 0 Å². The Morgan fingerprint density at radius 2 is 1.88 bits per heavy atom. The van der Waals surface area contributed by atoms with Gasteiger partial charge in [0.25, 0.3) is 0 Å². The number of carbonyl (C=O) groups excluding carboxylic acids is 1. The summed E-state index contributed by atoms with van der Waals surface area (Å²) in [5.41, 5.74) is -0.100. The quantitative estimate of drug-likeness (QED) is 0.723. The summed E-state index contributed by atoms with van der Waals surface area (Å²) in [5, 5.41) is 6.69. The van der Waals surface area contributed by atoms with Crippen molar-refractivity contribution in [2.75, 3.05) is 13.1 Å². The number of amides is 1. The smallest absolute Gasteiger partial charge is 0.248 e. The Labute approximate surface area is 186 Å². The van der Waals surface area contributed by atoms with Crippen molar-refractivity contribution in [3.63, 3.8) is 0 Å². The van der Waals surface area contributed by atoms with Crippen molar-refractivity contribution in [2.24, 2.45) is 5.92 Å². The zero-order valence-corrected chi connectivity index (χ0v) is 19.3. The highest BCUT2D eigenvalue weighted by atomic mass is 32.2. The van der Waals surface area contributed by atoms with Crippen LogP contribution in [0.15, 0.2) is 27.6 Å². The predicted octanol–water partition coefficient (Wildman–Crippen LogP) is 3.75. The van der Waals surface area contributed by atoms with Gasteiger partial charge in [-0.15, -0.1) is 0 Å². The van der Waals surface area contributed by atoms with E-state index in [9.17, 15) is 22.0 Å². The lowest BCUT2D eigenvalue weighted by molar-refractivity contribution is -0.127. The van der Waals surface area contributed by atoms with Crippen LogP contribution in [0.3, 0.4) is 0 Å². The van der Waals surface area contributed by atoms with E-state index in [2.05, 4.69) is 10.5 Å². The van der Waals surface area contributed by atoms with Crippen LogP contribution in [-0.2, 0) is 14.8 Å². The van der Waals surface area contributed by atoms with Gasteiger partial charge in [-0.2, -0.15) is 4.31 Å². The number of carbonyl (C=O) groups is 1. The van der Waals surface area contributed by atoms with Crippen LogP contribution in [0.5, 0.6) is 0 Å². The molecule has 1 aliphatic rings. The zero-order chi connectivity index (χ0) is 23.7. The molecular weight excluding hydrogens is 440 g/mol. The Hall–Kier alpha value is -2.59. The SMILES string of the molecule is Cc1noc(/C=C/c2ccc(F)cc2F)c1S(=O)(=O)N1CCC(C(=O)NC(C)(C)C)CC1. The molecule has 0 spiro atoms. The van der Waals surface area contributed by atoms with Crippen LogP contribution in [0.4, 0.5) is 8.78 Å². The third-order valence-electron chi connectivity index (χ3n) is 5.13. The number of piperidine rings is 1. The molecule has 0 bridgehead atoms. The molecule has 32 heavy (non-hydrogen) atoms. The average molecular weight is 468 g/mol. The van der Waals surface area contributed by atoms with Gasteiger partial charge in [-0.25, -0.2) is 17.2 Å². The van der Waals surface area contributed by atoms with Crippen molar-refractivity contribution in [3.05, 3.63) is 46.9 Å². The molecule has 7 nitrogen and oxygen atoms in total. The van der Waals surface area contributed by atoms with Gasteiger partial charge < -0.3 is 9.84 Å². The molecule has 1 N–H and O–H groups in total. The van der Waals surface area contributed by atoms with E-state index in [4.69, 9.17) is 4.52 Å². The molecule has 0 atom stereocenters. The number of aryl methyl sites for hydroxylation is 1. The maximum Gasteiger partial charge on any atom is 0.248 e. The Morgan fingerprint density at radius 1 is 1.22 bits per heavy atom. The molecule has 0 saturated carbocycles. The van der Waals surface area contributed by atoms with Gasteiger partial charge in [-0.1, -0.05) is 5.16 Å². The summed E-state index contributed by atoms with van der Waals surface area (Å²) < 4.78 is 60.0. The van der Waals surface area contributed by atoms with E-state index in [1.165, 1.54) is 29.4 Å². The van der Waals surface area contributed by atoms with Gasteiger partial charge in [0.1, 0.15) is 17.3 Å². The number of halogens is 2. The monoisotopic (exact) mass is 467 g/mol. The number of nitrogens with one attached hydrogen (secondary N) is 1. The minimum absolute atomic E-state index is 0.0428. The van der Waals surface area contributed by atoms with Gasteiger partial charge in [-0.05, 0) is 64.8 Å². The molecule has 0 aliphatic carbocycles. The van der Waals surface area contributed by atoms with Gasteiger partial charge in [0.2, 0.25) is 15.9 Å². The second-order valence-electron chi connectivity index (χ2n) is 8.88. The van der Waals surface area contributed by atoms with Gasteiger partial charge in [-0.3, -0.25) is 4.79 Å². The van der Waals surface area contributed by atoms with Crippen molar-refractivity contribution in [1.82, 2.24) is 14.8 Å². The fraction of sp³-hybridized carbons (Fsp3) is 0.455. The molecule has 10 heteroatoms. The lowest BCUT2D eigenvalue weighted by atomic mass is 9.96. The molecule has 1 fully saturated rings. The van der Waals surface area contributed by atoms with Crippen LogP contribution in [0.2, 0.25) is 0 Å². The summed E-state index contributed by atoms with van der Waals surface area (Å²) in [7, 11) is -3.95. The van der Waals surface area contributed by atoms with Crippen LogP contribution in [0.25, 0.3) is 12.2 Å². The van der Waals surface area contributed by atoms with Crippen LogP contribution in [0.1, 0.15) is 50.6 Å². The van der Waals surface area contributed by atoms with Crippen molar-refractivity contribution in [2.45, 2.75) is 51.0 Å². The molecular formula is C22H27F2N3O4S. The summed E-state index contributed by atoms with van der Waals surface area (Å²) in [6.07, 6.45) is 3.40. The Bertz CT molecular complexity index is 1130. The topological polar surface area (TPSA) is 92.5 Å². The fourth-order valence-corrected chi connectivity index (χ4v) is 5.28. The van der Waals surface area contributed by atoms with E-state index >= 15 is 0 Å². The summed E-state index contributed by atoms with van der Waals surface area (Å²) in [4.78, 5) is 12.3. The lowest BCUT2D eigenvalue weighted by Crippen LogP contribution is -2.47. The maximum absolute atomic E-state index is 13.9. The minimum atomic E-state index is -3.95. The molecule has 1 aliphatic heterocycles. The molecule has 2 heterocycles. The molecule has 1 amide bonds. The first kappa shape index (κ1) is 24.1. The van der Waals surface area contributed by atoms with E-state index < -0.39 is 21.7 Å². The third-order valence-corrected chi connectivity index (χ3v) is 7.19. The van der Waals surface area contributed by atoms with E-state index in [0.29, 0.717) is 12.8 Å². The van der Waals surface area contributed by atoms with Gasteiger partial charge in [0.15, 0.2) is 10.7 Å². The number of rotatable bonds is 5. The zero-order valence-electron chi connectivity index (χ0n) is 18.5. The van der Waals surface area contributed by atoms with Gasteiger partial charge in [0, 0.05) is 36.2 Å². The highest BCUT2D eigenvalue weighted by Crippen LogP contribution is 2.29. The van der Waals surface area contributed by atoms with Crippen LogP contribution in [-0.4, -0.2) is 42.4 Å². The molecule has 1 aromatic heterocycles. The number of hydrogen-bond acceptors (Lipinski definition) is 5. The van der Waals surface area contributed by atoms with Crippen LogP contribution in [0, 0.1) is 24.5 Å². The molecule has 0 unspecified atom stereocenters. The number of benzene rings is 1. The molecule has 1 saturated heterocycles. The van der Waals surface area contributed by atoms with Crippen molar-refractivity contribution < 1.29 is 26.5 Å². The average Bonchev–Trinajstić information content (AvgIpc) is 3.07. The first-order chi connectivity index (χ1) is 14.9. The predicted molar refractivity (Wildman–Crippen MR) is 116 cm³/mol. The lowest BCUT2D eigenvalue weighted by Gasteiger charge is -2.32. The van der Waals surface area contributed by atoms with Crippen LogP contribution >= 0.6 is 0 Å². The van der Waals surface area contributed by atoms with Crippen molar-refractivity contribution >= 4 is 28.1 Å². The van der Waals surface area contributed by atoms with E-state index in [0.717, 1.165) is 12.1 Å². The number of nitrogens with zero attached hydrogens (tertiary/aromatic N) is 2. The number of sulfonamides is 1. The van der Waals surface area contributed by atoms with E-state index in [-0.39, 0.29) is 52.4 Å². The standard InChI is InChI=1S/C22H27F2N3O4S/c1-14-20(19(31-26-14)8-6-15-5-7-17(23)13-18(15)24)32(29,30)27-11-9-16(10-12-27)21(28)25-22(2,3)4/h5-8,13,16H,9-12H2,1-4H3,(H,25,28)/b8-6+. The molecule has 174 valence electrons. The first-order valence-electron chi connectivity index (χ1n) is 10.3. The summed E-state index contributed by atoms with van der Waals surface area (Å²) in [5.74, 6) is -1.87. The second kappa shape index (κ2) is 9.11. The number of hydrogen-bond donors (Lipinski definition) is 1.